The summed E-state index contributed by atoms with van der Waals surface area (Å²) in [7, 11) is 1.53. The Balaban J connectivity index is 1.42. The summed E-state index contributed by atoms with van der Waals surface area (Å²) in [4.78, 5) is 31.1. The van der Waals surface area contributed by atoms with Gasteiger partial charge in [-0.3, -0.25) is 14.5 Å². The molecule has 0 spiro atoms. The van der Waals surface area contributed by atoms with E-state index in [9.17, 15) is 22.4 Å². The molecule has 2 N–H and O–H groups in total. The van der Waals surface area contributed by atoms with Crippen LogP contribution in [0.2, 0.25) is 0 Å². The molecule has 2 fully saturated rings. The average Bonchev–Trinajstić information content (AvgIpc) is 3.52. The van der Waals surface area contributed by atoms with Crippen LogP contribution >= 0.6 is 0 Å². The van der Waals surface area contributed by atoms with Crippen molar-refractivity contribution in [2.45, 2.75) is 18.6 Å². The highest BCUT2D eigenvalue weighted by Crippen LogP contribution is 2.41. The molecule has 2 aliphatic heterocycles. The summed E-state index contributed by atoms with van der Waals surface area (Å²) in [5, 5.41) is 7.46. The number of amides is 1. The predicted octanol–water partition coefficient (Wildman–Crippen LogP) is 5.70. The number of nitrogens with zero attached hydrogens (tertiary/aromatic N) is 5. The van der Waals surface area contributed by atoms with Crippen molar-refractivity contribution in [1.82, 2.24) is 14.9 Å². The van der Waals surface area contributed by atoms with Gasteiger partial charge >= 0.3 is 6.18 Å². The Labute approximate surface area is 257 Å². The van der Waals surface area contributed by atoms with E-state index in [4.69, 9.17) is 9.57 Å². The van der Waals surface area contributed by atoms with Gasteiger partial charge in [0.2, 0.25) is 5.91 Å². The largest absolute Gasteiger partial charge is 0.494 e. The first-order valence-corrected chi connectivity index (χ1v) is 14.2. The van der Waals surface area contributed by atoms with Crippen LogP contribution in [0.3, 0.4) is 0 Å². The quantitative estimate of drug-likeness (QED) is 0.167. The van der Waals surface area contributed by atoms with Crippen molar-refractivity contribution in [2.75, 3.05) is 67.0 Å². The predicted molar refractivity (Wildman–Crippen MR) is 163 cm³/mol. The van der Waals surface area contributed by atoms with Crippen molar-refractivity contribution in [1.29, 1.82) is 0 Å². The molecule has 10 nitrogen and oxygen atoms in total. The zero-order valence-electron chi connectivity index (χ0n) is 24.6. The number of carbonyl (C=O) groups is 1. The molecule has 3 heterocycles. The number of methoxy groups -OCH3 is 1. The average molecular weight is 628 g/mol. The minimum atomic E-state index is -4.84. The van der Waals surface area contributed by atoms with Gasteiger partial charge in [-0.15, -0.1) is 6.58 Å². The van der Waals surface area contributed by atoms with E-state index in [0.717, 1.165) is 50.5 Å². The van der Waals surface area contributed by atoms with E-state index in [2.05, 4.69) is 43.6 Å². The summed E-state index contributed by atoms with van der Waals surface area (Å²) in [6, 6.07) is 7.41. The topological polar surface area (TPSA) is 95.1 Å². The van der Waals surface area contributed by atoms with Crippen LogP contribution in [0.25, 0.3) is 0 Å². The van der Waals surface area contributed by atoms with Crippen LogP contribution in [0.5, 0.6) is 5.75 Å². The molecule has 0 radical (unpaired) electrons. The number of ether oxygens (including phenoxy) is 1. The zero-order chi connectivity index (χ0) is 32.1. The number of aromatic nitrogens is 2. The Bertz CT molecular complexity index is 1560. The van der Waals surface area contributed by atoms with E-state index in [0.29, 0.717) is 29.4 Å². The van der Waals surface area contributed by atoms with Crippen LogP contribution in [0, 0.1) is 5.82 Å². The number of carbonyl (C=O) groups excluding carboxylic acids is 1. The van der Waals surface area contributed by atoms with Crippen LogP contribution in [-0.4, -0.2) is 67.2 Å². The first kappa shape index (κ1) is 31.7. The number of alkyl halides is 3. The van der Waals surface area contributed by atoms with E-state index in [-0.39, 0.29) is 23.9 Å². The van der Waals surface area contributed by atoms with Crippen LogP contribution in [0.15, 0.2) is 68.0 Å². The minimum absolute atomic E-state index is 0.222. The summed E-state index contributed by atoms with van der Waals surface area (Å²) >= 11 is 0. The second-order valence-electron chi connectivity index (χ2n) is 10.4. The molecule has 2 aliphatic rings. The number of halogens is 4. The van der Waals surface area contributed by atoms with Crippen molar-refractivity contribution in [3.05, 3.63) is 85.0 Å². The van der Waals surface area contributed by atoms with Gasteiger partial charge in [-0.05, 0) is 29.8 Å². The van der Waals surface area contributed by atoms with E-state index in [1.807, 2.05) is 12.1 Å². The molecule has 0 aliphatic carbocycles. The zero-order valence-corrected chi connectivity index (χ0v) is 24.6. The number of hydrogen-bond donors (Lipinski definition) is 2. The second kappa shape index (κ2) is 13.5. The third-order valence-corrected chi connectivity index (χ3v) is 7.59. The van der Waals surface area contributed by atoms with E-state index in [1.165, 1.54) is 30.6 Å². The monoisotopic (exact) mass is 627 g/mol. The van der Waals surface area contributed by atoms with Crippen LogP contribution in [0.1, 0.15) is 23.6 Å². The summed E-state index contributed by atoms with van der Waals surface area (Å²) in [5.41, 5.74) is 0.696. The smallest absolute Gasteiger partial charge is 0.419 e. The molecule has 5 rings (SSSR count). The Morgan fingerprint density at radius 2 is 1.89 bits per heavy atom. The van der Waals surface area contributed by atoms with Crippen molar-refractivity contribution in [2.24, 2.45) is 0 Å². The fourth-order valence-electron chi connectivity index (χ4n) is 5.37. The first-order chi connectivity index (χ1) is 21.6. The van der Waals surface area contributed by atoms with Crippen LogP contribution < -0.4 is 25.3 Å². The van der Waals surface area contributed by atoms with E-state index >= 15 is 0 Å². The number of piperazine rings is 1. The van der Waals surface area contributed by atoms with Gasteiger partial charge in [-0.2, -0.15) is 13.2 Å². The SMILES string of the molecule is C=CCN1CCN(c2cc(OC)c(Nc3cc(N4OCCC4c4ccc(F)c(C(F)(F)F)c4)ncn3)cc2NC(=O)C=C)CC1. The fraction of sp³-hybridized carbons (Fsp3) is 0.323. The first-order valence-electron chi connectivity index (χ1n) is 14.2. The van der Waals surface area contributed by atoms with Crippen molar-refractivity contribution >= 4 is 34.6 Å². The molecule has 14 heteroatoms. The standard InChI is InChI=1S/C31H33F4N7O3/c1-4-9-40-10-12-41(13-11-40)26-17-27(44-3)24(16-23(26)39-30(43)5-2)38-28-18-29(37-19-36-28)42-25(8-14-45-42)20-6-7-22(32)21(15-20)31(33,34)35/h4-7,15-19,25H,1-2,8-14H2,3H3,(H,39,43)(H,36,37,38). The molecular weight excluding hydrogens is 594 g/mol. The maximum Gasteiger partial charge on any atom is 0.419 e. The highest BCUT2D eigenvalue weighted by Gasteiger charge is 2.37. The number of hydrogen-bond acceptors (Lipinski definition) is 9. The van der Waals surface area contributed by atoms with Gasteiger partial charge in [0.1, 0.15) is 23.7 Å². The normalized spacial score (nSPS) is 17.2. The van der Waals surface area contributed by atoms with Gasteiger partial charge in [0, 0.05) is 51.3 Å². The summed E-state index contributed by atoms with van der Waals surface area (Å²) in [5.74, 6) is -0.635. The van der Waals surface area contributed by atoms with Gasteiger partial charge in [0.25, 0.3) is 0 Å². The number of benzene rings is 2. The minimum Gasteiger partial charge on any atom is -0.494 e. The number of rotatable bonds is 10. The van der Waals surface area contributed by atoms with Crippen LogP contribution in [0.4, 0.5) is 46.3 Å². The maximum absolute atomic E-state index is 13.9. The Morgan fingerprint density at radius 1 is 1.11 bits per heavy atom. The molecule has 0 saturated carbocycles. The molecule has 2 saturated heterocycles. The highest BCUT2D eigenvalue weighted by molar-refractivity contribution is 6.02. The number of nitrogens with one attached hydrogen (secondary N) is 2. The maximum atomic E-state index is 13.9. The summed E-state index contributed by atoms with van der Waals surface area (Å²) < 4.78 is 59.8. The van der Waals surface area contributed by atoms with E-state index in [1.54, 1.807) is 12.1 Å². The van der Waals surface area contributed by atoms with Gasteiger partial charge < -0.3 is 20.3 Å². The Morgan fingerprint density at radius 3 is 2.58 bits per heavy atom. The molecule has 1 atom stereocenters. The third kappa shape index (κ3) is 7.18. The molecule has 1 aromatic heterocycles. The molecule has 3 aromatic rings. The Kier molecular flexibility index (Phi) is 9.54. The molecule has 0 bridgehead atoms. The van der Waals surface area contributed by atoms with Crippen molar-refractivity contribution < 1.29 is 31.9 Å². The van der Waals surface area contributed by atoms with Gasteiger partial charge in [-0.25, -0.2) is 19.4 Å². The molecule has 238 valence electrons. The summed E-state index contributed by atoms with van der Waals surface area (Å²) in [6.07, 6.45) is -0.138. The Hall–Kier alpha value is -4.69. The van der Waals surface area contributed by atoms with Crippen molar-refractivity contribution in [3.8, 4) is 5.75 Å². The summed E-state index contributed by atoms with van der Waals surface area (Å²) in [6.45, 7) is 11.5. The second-order valence-corrected chi connectivity index (χ2v) is 10.4. The van der Waals surface area contributed by atoms with Crippen LogP contribution in [-0.2, 0) is 15.8 Å². The highest BCUT2D eigenvalue weighted by atomic mass is 19.4. The lowest BCUT2D eigenvalue weighted by Gasteiger charge is -2.36. The van der Waals surface area contributed by atoms with Gasteiger partial charge in [0.05, 0.1) is 42.4 Å². The lowest BCUT2D eigenvalue weighted by molar-refractivity contribution is -0.140. The molecule has 45 heavy (non-hydrogen) atoms. The van der Waals surface area contributed by atoms with E-state index < -0.39 is 23.6 Å². The molecular formula is C31H33F4N7O3. The van der Waals surface area contributed by atoms with Gasteiger partial charge in [-0.1, -0.05) is 18.7 Å². The molecule has 2 aromatic carbocycles. The number of hydroxylamine groups is 1. The lowest BCUT2D eigenvalue weighted by atomic mass is 10.0. The van der Waals surface area contributed by atoms with Gasteiger partial charge in [0.15, 0.2) is 5.82 Å². The fourth-order valence-corrected chi connectivity index (χ4v) is 5.37. The van der Waals surface area contributed by atoms with Crippen molar-refractivity contribution in [3.63, 3.8) is 0 Å². The molecule has 1 amide bonds. The molecule has 1 unspecified atom stereocenters. The number of anilines is 5. The lowest BCUT2D eigenvalue weighted by Crippen LogP contribution is -2.46. The third-order valence-electron chi connectivity index (χ3n) is 7.59.